The molecule has 0 aliphatic heterocycles. The van der Waals surface area contributed by atoms with Gasteiger partial charge < -0.3 is 7.43 Å². The predicted octanol–water partition coefficient (Wildman–Crippen LogP) is 5.89. The van der Waals surface area contributed by atoms with Gasteiger partial charge in [0, 0.05) is 7.92 Å². The molecule has 0 radical (unpaired) electrons. The molecular formula is C13H31BrPPd+. The van der Waals surface area contributed by atoms with E-state index in [-0.39, 0.29) is 7.43 Å². The SMILES string of the molecule is CC(C)(C)[PH+](C(C)(C)C)C(C)(C)C.[Br][Pd+].[CH3-]. The second kappa shape index (κ2) is 7.89. The van der Waals surface area contributed by atoms with Crippen LogP contribution in [-0.4, -0.2) is 15.5 Å². The second-order valence-electron chi connectivity index (χ2n) is 7.12. The average Bonchev–Trinajstić information content (AvgIpc) is 1.79. The van der Waals surface area contributed by atoms with E-state index in [1.165, 1.54) is 0 Å². The zero-order valence-electron chi connectivity index (χ0n) is 12.7. The molecule has 0 aliphatic rings. The molecule has 0 rings (SSSR count). The van der Waals surface area contributed by atoms with Crippen molar-refractivity contribution in [1.82, 2.24) is 0 Å². The van der Waals surface area contributed by atoms with Crippen LogP contribution in [0.15, 0.2) is 0 Å². The third-order valence-corrected chi connectivity index (χ3v) is 6.75. The van der Waals surface area contributed by atoms with Crippen molar-refractivity contribution in [2.75, 3.05) is 0 Å². The Morgan fingerprint density at radius 3 is 0.750 bits per heavy atom. The van der Waals surface area contributed by atoms with E-state index in [0.29, 0.717) is 15.5 Å². The molecule has 0 nitrogen and oxygen atoms in total. The number of rotatable bonds is 0. The van der Waals surface area contributed by atoms with Crippen LogP contribution < -0.4 is 0 Å². The fourth-order valence-electron chi connectivity index (χ4n) is 3.38. The van der Waals surface area contributed by atoms with Crippen molar-refractivity contribution in [2.45, 2.75) is 77.8 Å². The molecule has 0 spiro atoms. The first-order chi connectivity index (χ1) is 6.37. The van der Waals surface area contributed by atoms with Crippen LogP contribution in [0.3, 0.4) is 0 Å². The second-order valence-corrected chi connectivity index (χ2v) is 12.4. The Morgan fingerprint density at radius 1 is 0.625 bits per heavy atom. The van der Waals surface area contributed by atoms with Gasteiger partial charge in [0.1, 0.15) is 0 Å². The molecule has 0 bridgehead atoms. The van der Waals surface area contributed by atoms with Crippen molar-refractivity contribution in [2.24, 2.45) is 0 Å². The van der Waals surface area contributed by atoms with Crippen molar-refractivity contribution in [3.63, 3.8) is 0 Å². The predicted molar refractivity (Wildman–Crippen MR) is 82.9 cm³/mol. The summed E-state index contributed by atoms with van der Waals surface area (Å²) in [7, 11) is -0.391. The monoisotopic (exact) mass is 403 g/mol. The average molecular weight is 405 g/mol. The minimum absolute atomic E-state index is 0. The van der Waals surface area contributed by atoms with E-state index in [0.717, 1.165) is 0 Å². The third kappa shape index (κ3) is 8.63. The van der Waals surface area contributed by atoms with Crippen LogP contribution in [0.1, 0.15) is 62.3 Å². The molecule has 0 aromatic rings. The fourth-order valence-corrected chi connectivity index (χ4v) is 10.1. The van der Waals surface area contributed by atoms with Gasteiger partial charge in [0.15, 0.2) is 0 Å². The summed E-state index contributed by atoms with van der Waals surface area (Å²) < 4.78 is 0. The van der Waals surface area contributed by atoms with Crippen LogP contribution >= 0.6 is 21.4 Å². The Kier molecular flexibility index (Phi) is 11.2. The Hall–Kier alpha value is 1.57. The van der Waals surface area contributed by atoms with Crippen LogP contribution in [0, 0.1) is 7.43 Å². The minimum Gasteiger partial charge on any atom is -0.358 e. The van der Waals surface area contributed by atoms with Crippen molar-refractivity contribution >= 4 is 21.4 Å². The molecule has 0 heterocycles. The molecule has 0 fully saturated rings. The minimum atomic E-state index is -0.391. The Balaban J connectivity index is -0.000000529. The standard InChI is InChI=1S/C12H27P.CH3.BrH.Pd/c1-10(2,3)13(11(4,5)6)12(7,8)9;;;/h1-9H3;1H3;1H;/q;-1;;+2. The molecule has 0 aromatic heterocycles. The van der Waals surface area contributed by atoms with Gasteiger partial charge in [-0.3, -0.25) is 0 Å². The topological polar surface area (TPSA) is 0 Å². The van der Waals surface area contributed by atoms with Crippen LogP contribution in [0.2, 0.25) is 0 Å². The van der Waals surface area contributed by atoms with E-state index in [1.54, 1.807) is 0 Å². The molecular weight excluding hydrogens is 373 g/mol. The maximum atomic E-state index is 2.79. The van der Waals surface area contributed by atoms with Gasteiger partial charge in [-0.2, -0.15) is 0 Å². The first-order valence-electron chi connectivity index (χ1n) is 5.37. The Bertz CT molecular complexity index is 139. The fraction of sp³-hybridized carbons (Fsp3) is 0.923. The molecule has 3 heteroatoms. The molecule has 0 aliphatic carbocycles. The van der Waals surface area contributed by atoms with Gasteiger partial charge in [0.25, 0.3) is 0 Å². The quantitative estimate of drug-likeness (QED) is 0.268. The van der Waals surface area contributed by atoms with Gasteiger partial charge >= 0.3 is 30.6 Å². The summed E-state index contributed by atoms with van der Waals surface area (Å²) in [5.74, 6) is 0. The van der Waals surface area contributed by atoms with Crippen molar-refractivity contribution in [3.05, 3.63) is 7.43 Å². The molecule has 0 N–H and O–H groups in total. The van der Waals surface area contributed by atoms with Crippen molar-refractivity contribution in [1.29, 1.82) is 0 Å². The molecule has 0 unspecified atom stereocenters. The summed E-state index contributed by atoms with van der Waals surface area (Å²) in [6, 6.07) is 0. The van der Waals surface area contributed by atoms with Gasteiger partial charge in [-0.15, -0.1) is 0 Å². The van der Waals surface area contributed by atoms with E-state index in [9.17, 15) is 0 Å². The van der Waals surface area contributed by atoms with Crippen LogP contribution in [-0.2, 0) is 17.2 Å². The molecule has 0 atom stereocenters. The van der Waals surface area contributed by atoms with Gasteiger partial charge in [-0.25, -0.2) is 0 Å². The zero-order chi connectivity index (χ0) is 13.1. The summed E-state index contributed by atoms with van der Waals surface area (Å²) in [5.41, 5.74) is 0. The first kappa shape index (κ1) is 22.7. The zero-order valence-corrected chi connectivity index (χ0v) is 16.8. The normalized spacial score (nSPS) is 12.8. The summed E-state index contributed by atoms with van der Waals surface area (Å²) >= 11 is 5.35. The molecule has 0 saturated heterocycles. The van der Waals surface area contributed by atoms with E-state index in [1.807, 2.05) is 0 Å². The van der Waals surface area contributed by atoms with Gasteiger partial charge in [0.05, 0.1) is 15.5 Å². The first-order valence-corrected chi connectivity index (χ1v) is 10.4. The maximum absolute atomic E-state index is 2.79. The third-order valence-electron chi connectivity index (χ3n) is 2.25. The van der Waals surface area contributed by atoms with Crippen molar-refractivity contribution in [3.8, 4) is 0 Å². The summed E-state index contributed by atoms with van der Waals surface area (Å²) in [6.45, 7) is 21.6. The molecule has 104 valence electrons. The van der Waals surface area contributed by atoms with Gasteiger partial charge in [0.2, 0.25) is 0 Å². The van der Waals surface area contributed by atoms with E-state index < -0.39 is 7.92 Å². The summed E-state index contributed by atoms with van der Waals surface area (Å²) in [4.78, 5) is 0. The van der Waals surface area contributed by atoms with E-state index in [4.69, 9.17) is 0 Å². The number of hydrogen-bond acceptors (Lipinski definition) is 0. The van der Waals surface area contributed by atoms with Crippen LogP contribution in [0.4, 0.5) is 0 Å². The number of hydrogen-bond donors (Lipinski definition) is 0. The maximum Gasteiger partial charge on any atom is -0.358 e. The summed E-state index contributed by atoms with van der Waals surface area (Å²) in [6.07, 6.45) is 0. The van der Waals surface area contributed by atoms with Gasteiger partial charge in [-0.05, 0) is 62.3 Å². The number of halogens is 1. The molecule has 16 heavy (non-hydrogen) atoms. The van der Waals surface area contributed by atoms with Crippen LogP contribution in [0.5, 0.6) is 0 Å². The molecule has 0 saturated carbocycles. The van der Waals surface area contributed by atoms with Gasteiger partial charge in [-0.1, -0.05) is 0 Å². The van der Waals surface area contributed by atoms with E-state index in [2.05, 4.69) is 92.9 Å². The largest absolute Gasteiger partial charge is 0.358 e. The van der Waals surface area contributed by atoms with Crippen molar-refractivity contribution < 1.29 is 17.2 Å². The smallest absolute Gasteiger partial charge is 0.358 e. The summed E-state index contributed by atoms with van der Waals surface area (Å²) in [5, 5.41) is 1.46. The molecule has 0 amide bonds. The van der Waals surface area contributed by atoms with Crippen LogP contribution in [0.25, 0.3) is 0 Å². The Labute approximate surface area is 123 Å². The Morgan fingerprint density at radius 2 is 0.750 bits per heavy atom. The molecule has 0 aromatic carbocycles. The van der Waals surface area contributed by atoms with E-state index >= 15 is 0 Å².